The van der Waals surface area contributed by atoms with Crippen molar-refractivity contribution in [2.75, 3.05) is 11.6 Å². The minimum absolute atomic E-state index is 0.155. The fourth-order valence-corrected chi connectivity index (χ4v) is 5.17. The molecule has 1 aliphatic heterocycles. The molecule has 0 saturated carbocycles. The highest BCUT2D eigenvalue weighted by atomic mass is 32.2. The summed E-state index contributed by atoms with van der Waals surface area (Å²) >= 11 is 1.44. The molecule has 0 unspecified atom stereocenters. The van der Waals surface area contributed by atoms with E-state index in [0.717, 1.165) is 5.56 Å². The molecule has 0 amide bonds. The van der Waals surface area contributed by atoms with E-state index in [1.165, 1.54) is 16.1 Å². The number of carbonyl (C=O) groups is 1. The standard InChI is InChI=1S/C12H15NO4S2/c1-9-2-4-11(5-3-9)19(16,17)13-8-18-7-10(13)6-12(14)15/h2-5,10H,6-8H2,1H3,(H,14,15)/t10-/m0/s1. The molecular formula is C12H15NO4S2. The molecule has 1 aromatic rings. The average Bonchev–Trinajstić information content (AvgIpc) is 2.77. The van der Waals surface area contributed by atoms with Crippen LogP contribution in [-0.2, 0) is 14.8 Å². The topological polar surface area (TPSA) is 74.7 Å². The predicted molar refractivity (Wildman–Crippen MR) is 73.6 cm³/mol. The summed E-state index contributed by atoms with van der Waals surface area (Å²) in [7, 11) is -3.60. The van der Waals surface area contributed by atoms with Gasteiger partial charge in [0.2, 0.25) is 10.0 Å². The van der Waals surface area contributed by atoms with Crippen molar-refractivity contribution in [2.24, 2.45) is 0 Å². The van der Waals surface area contributed by atoms with Crippen LogP contribution in [0.5, 0.6) is 0 Å². The first-order valence-electron chi connectivity index (χ1n) is 5.79. The summed E-state index contributed by atoms with van der Waals surface area (Å²) in [6.45, 7) is 1.88. The molecule has 7 heteroatoms. The summed E-state index contributed by atoms with van der Waals surface area (Å²) < 4.78 is 26.2. The molecule has 104 valence electrons. The summed E-state index contributed by atoms with van der Waals surface area (Å²) in [5.74, 6) is -0.137. The van der Waals surface area contributed by atoms with Crippen LogP contribution in [0.1, 0.15) is 12.0 Å². The normalized spacial score (nSPS) is 20.6. The van der Waals surface area contributed by atoms with E-state index in [1.54, 1.807) is 24.3 Å². The zero-order chi connectivity index (χ0) is 14.0. The number of hydrogen-bond acceptors (Lipinski definition) is 4. The predicted octanol–water partition coefficient (Wildman–Crippen LogP) is 1.53. The maximum Gasteiger partial charge on any atom is 0.305 e. The van der Waals surface area contributed by atoms with E-state index >= 15 is 0 Å². The Balaban J connectivity index is 2.28. The Bertz CT molecular complexity index is 568. The molecule has 0 aliphatic carbocycles. The Morgan fingerprint density at radius 3 is 2.63 bits per heavy atom. The van der Waals surface area contributed by atoms with Crippen molar-refractivity contribution < 1.29 is 18.3 Å². The molecule has 1 heterocycles. The largest absolute Gasteiger partial charge is 0.481 e. The van der Waals surface area contributed by atoms with E-state index in [2.05, 4.69) is 0 Å². The van der Waals surface area contributed by atoms with Gasteiger partial charge in [-0.05, 0) is 19.1 Å². The molecule has 1 saturated heterocycles. The molecule has 19 heavy (non-hydrogen) atoms. The second kappa shape index (κ2) is 5.52. The van der Waals surface area contributed by atoms with Crippen LogP contribution in [0.15, 0.2) is 29.2 Å². The Hall–Kier alpha value is -1.05. The summed E-state index contributed by atoms with van der Waals surface area (Å²) in [4.78, 5) is 11.0. The van der Waals surface area contributed by atoms with Crippen LogP contribution in [0, 0.1) is 6.92 Å². The summed E-state index contributed by atoms with van der Waals surface area (Å²) in [5, 5.41) is 8.83. The third-order valence-corrected chi connectivity index (χ3v) is 6.13. The van der Waals surface area contributed by atoms with Gasteiger partial charge in [0.05, 0.1) is 17.2 Å². The van der Waals surface area contributed by atoms with Crippen LogP contribution < -0.4 is 0 Å². The van der Waals surface area contributed by atoms with E-state index in [4.69, 9.17) is 5.11 Å². The lowest BCUT2D eigenvalue weighted by atomic mass is 10.2. The first kappa shape index (κ1) is 14.4. The highest BCUT2D eigenvalue weighted by Crippen LogP contribution is 2.29. The number of carboxylic acid groups (broad SMARTS) is 1. The van der Waals surface area contributed by atoms with Gasteiger partial charge in [0.15, 0.2) is 0 Å². The number of thioether (sulfide) groups is 1. The molecule has 0 spiro atoms. The minimum Gasteiger partial charge on any atom is -0.481 e. The summed E-state index contributed by atoms with van der Waals surface area (Å²) in [6, 6.07) is 6.13. The maximum absolute atomic E-state index is 12.5. The highest BCUT2D eigenvalue weighted by Gasteiger charge is 2.36. The number of aliphatic carboxylic acids is 1. The van der Waals surface area contributed by atoms with Crippen LogP contribution in [-0.4, -0.2) is 41.5 Å². The summed E-state index contributed by atoms with van der Waals surface area (Å²) in [6.07, 6.45) is -0.155. The van der Waals surface area contributed by atoms with Gasteiger partial charge in [-0.25, -0.2) is 8.42 Å². The molecule has 0 radical (unpaired) electrons. The molecule has 1 fully saturated rings. The zero-order valence-corrected chi connectivity index (χ0v) is 12.1. The minimum atomic E-state index is -3.60. The quantitative estimate of drug-likeness (QED) is 0.913. The van der Waals surface area contributed by atoms with E-state index in [9.17, 15) is 13.2 Å². The second-order valence-electron chi connectivity index (χ2n) is 4.46. The average molecular weight is 301 g/mol. The fraction of sp³-hybridized carbons (Fsp3) is 0.417. The molecule has 0 aromatic heterocycles. The van der Waals surface area contributed by atoms with Gasteiger partial charge in [0.25, 0.3) is 0 Å². The third kappa shape index (κ3) is 3.10. The molecule has 0 bridgehead atoms. The van der Waals surface area contributed by atoms with Crippen LogP contribution in [0.2, 0.25) is 0 Å². The van der Waals surface area contributed by atoms with Crippen molar-refractivity contribution in [3.05, 3.63) is 29.8 Å². The first-order chi connectivity index (χ1) is 8.91. The number of carboxylic acids is 1. The maximum atomic E-state index is 12.5. The van der Waals surface area contributed by atoms with E-state index in [0.29, 0.717) is 11.6 Å². The molecule has 1 aliphatic rings. The Labute approximate surface area is 116 Å². The van der Waals surface area contributed by atoms with Crippen LogP contribution in [0.3, 0.4) is 0 Å². The zero-order valence-electron chi connectivity index (χ0n) is 10.4. The monoisotopic (exact) mass is 301 g/mol. The van der Waals surface area contributed by atoms with Crippen LogP contribution in [0.25, 0.3) is 0 Å². The summed E-state index contributed by atoms with van der Waals surface area (Å²) in [5.41, 5.74) is 0.983. The fourth-order valence-electron chi connectivity index (χ4n) is 1.94. The van der Waals surface area contributed by atoms with E-state index in [-0.39, 0.29) is 11.3 Å². The molecule has 1 N–H and O–H groups in total. The number of hydrogen-bond donors (Lipinski definition) is 1. The number of sulfonamides is 1. The van der Waals surface area contributed by atoms with Gasteiger partial charge < -0.3 is 5.11 Å². The Morgan fingerprint density at radius 1 is 1.42 bits per heavy atom. The SMILES string of the molecule is Cc1ccc(S(=O)(=O)N2CSC[C@@H]2CC(=O)O)cc1. The van der Waals surface area contributed by atoms with Crippen molar-refractivity contribution in [3.8, 4) is 0 Å². The first-order valence-corrected chi connectivity index (χ1v) is 8.39. The van der Waals surface area contributed by atoms with E-state index < -0.39 is 22.0 Å². The molecule has 1 atom stereocenters. The van der Waals surface area contributed by atoms with Gasteiger partial charge in [-0.2, -0.15) is 4.31 Å². The lowest BCUT2D eigenvalue weighted by molar-refractivity contribution is -0.137. The highest BCUT2D eigenvalue weighted by molar-refractivity contribution is 8.00. The van der Waals surface area contributed by atoms with Crippen molar-refractivity contribution >= 4 is 27.8 Å². The van der Waals surface area contributed by atoms with Crippen molar-refractivity contribution in [3.63, 3.8) is 0 Å². The lowest BCUT2D eigenvalue weighted by Gasteiger charge is -2.21. The van der Waals surface area contributed by atoms with Gasteiger partial charge in [-0.1, -0.05) is 17.7 Å². The van der Waals surface area contributed by atoms with Crippen molar-refractivity contribution in [2.45, 2.75) is 24.3 Å². The van der Waals surface area contributed by atoms with E-state index in [1.807, 2.05) is 6.92 Å². The van der Waals surface area contributed by atoms with Gasteiger partial charge in [0.1, 0.15) is 0 Å². The molecule has 5 nitrogen and oxygen atoms in total. The van der Waals surface area contributed by atoms with Crippen LogP contribution >= 0.6 is 11.8 Å². The van der Waals surface area contributed by atoms with Gasteiger partial charge >= 0.3 is 5.97 Å². The smallest absolute Gasteiger partial charge is 0.305 e. The number of benzene rings is 1. The number of nitrogens with zero attached hydrogens (tertiary/aromatic N) is 1. The Morgan fingerprint density at radius 2 is 2.05 bits per heavy atom. The molecule has 1 aromatic carbocycles. The van der Waals surface area contributed by atoms with Crippen molar-refractivity contribution in [1.29, 1.82) is 0 Å². The number of aryl methyl sites for hydroxylation is 1. The van der Waals surface area contributed by atoms with Gasteiger partial charge in [0, 0.05) is 11.8 Å². The number of rotatable bonds is 4. The van der Waals surface area contributed by atoms with Gasteiger partial charge in [-0.3, -0.25) is 4.79 Å². The van der Waals surface area contributed by atoms with Crippen LogP contribution in [0.4, 0.5) is 0 Å². The third-order valence-electron chi connectivity index (χ3n) is 2.97. The van der Waals surface area contributed by atoms with Gasteiger partial charge in [-0.15, -0.1) is 11.8 Å². The lowest BCUT2D eigenvalue weighted by Crippen LogP contribution is -2.37. The second-order valence-corrected chi connectivity index (χ2v) is 7.35. The Kier molecular flexibility index (Phi) is 4.17. The molecular weight excluding hydrogens is 286 g/mol. The van der Waals surface area contributed by atoms with Crippen molar-refractivity contribution in [1.82, 2.24) is 4.31 Å². The molecule has 2 rings (SSSR count).